The van der Waals surface area contributed by atoms with Gasteiger partial charge in [0.2, 0.25) is 0 Å². The largest absolute Gasteiger partial charge is 0.395 e. The van der Waals surface area contributed by atoms with Crippen molar-refractivity contribution in [2.45, 2.75) is 40.0 Å². The van der Waals surface area contributed by atoms with E-state index in [2.05, 4.69) is 47.9 Å². The van der Waals surface area contributed by atoms with Gasteiger partial charge in [0, 0.05) is 31.6 Å². The Balaban J connectivity index is 3.03. The van der Waals surface area contributed by atoms with E-state index < -0.39 is 0 Å². The summed E-state index contributed by atoms with van der Waals surface area (Å²) in [7, 11) is 0. The normalized spacial score (nSPS) is 10.8. The lowest BCUT2D eigenvalue weighted by Crippen LogP contribution is -2.27. The maximum absolute atomic E-state index is 9.12. The van der Waals surface area contributed by atoms with E-state index in [1.807, 2.05) is 6.07 Å². The van der Waals surface area contributed by atoms with Gasteiger partial charge < -0.3 is 15.3 Å². The highest BCUT2D eigenvalue weighted by Crippen LogP contribution is 2.19. The maximum atomic E-state index is 9.12. The molecule has 1 heterocycles. The van der Waals surface area contributed by atoms with Crippen LogP contribution in [0.3, 0.4) is 0 Å². The molecule has 0 radical (unpaired) electrons. The maximum Gasteiger partial charge on any atom is 0.135 e. The van der Waals surface area contributed by atoms with Crippen LogP contribution in [0.4, 0.5) is 11.6 Å². The van der Waals surface area contributed by atoms with Crippen LogP contribution in [0.2, 0.25) is 0 Å². The van der Waals surface area contributed by atoms with Crippen molar-refractivity contribution in [2.75, 3.05) is 36.5 Å². The molecule has 5 heteroatoms. The molecule has 108 valence electrons. The van der Waals surface area contributed by atoms with Gasteiger partial charge in [-0.3, -0.25) is 0 Å². The summed E-state index contributed by atoms with van der Waals surface area (Å²) in [4.78, 5) is 11.2. The smallest absolute Gasteiger partial charge is 0.135 e. The van der Waals surface area contributed by atoms with Crippen molar-refractivity contribution in [2.24, 2.45) is 0 Å². The lowest BCUT2D eigenvalue weighted by Gasteiger charge is -2.22. The Kier molecular flexibility index (Phi) is 6.56. The van der Waals surface area contributed by atoms with Crippen LogP contribution in [0.25, 0.3) is 0 Å². The lowest BCUT2D eigenvalue weighted by atomic mass is 10.2. The fraction of sp³-hybridized carbons (Fsp3) is 0.714. The molecule has 1 rings (SSSR count). The SMILES string of the molecule is CCCNc1cc(N(CC)CCO)nc(C(C)C)n1. The van der Waals surface area contributed by atoms with Crippen LogP contribution in [-0.2, 0) is 0 Å². The van der Waals surface area contributed by atoms with E-state index in [0.717, 1.165) is 37.0 Å². The zero-order valence-electron chi connectivity index (χ0n) is 12.5. The summed E-state index contributed by atoms with van der Waals surface area (Å²) in [5, 5.41) is 12.4. The van der Waals surface area contributed by atoms with Crippen molar-refractivity contribution in [1.82, 2.24) is 9.97 Å². The third-order valence-electron chi connectivity index (χ3n) is 2.88. The van der Waals surface area contributed by atoms with Crippen molar-refractivity contribution in [3.05, 3.63) is 11.9 Å². The molecule has 0 bridgehead atoms. The third kappa shape index (κ3) is 4.67. The van der Waals surface area contributed by atoms with E-state index in [9.17, 15) is 0 Å². The van der Waals surface area contributed by atoms with Crippen LogP contribution in [0.5, 0.6) is 0 Å². The van der Waals surface area contributed by atoms with Crippen molar-refractivity contribution in [3.8, 4) is 0 Å². The zero-order valence-corrected chi connectivity index (χ0v) is 12.5. The van der Waals surface area contributed by atoms with E-state index in [4.69, 9.17) is 5.11 Å². The Hall–Kier alpha value is -1.36. The van der Waals surface area contributed by atoms with Crippen LogP contribution >= 0.6 is 0 Å². The number of aliphatic hydroxyl groups is 1. The summed E-state index contributed by atoms with van der Waals surface area (Å²) in [5.74, 6) is 2.88. The van der Waals surface area contributed by atoms with Gasteiger partial charge in [-0.15, -0.1) is 0 Å². The van der Waals surface area contributed by atoms with Gasteiger partial charge in [0.25, 0.3) is 0 Å². The predicted octanol–water partition coefficient (Wildman–Crippen LogP) is 2.24. The zero-order chi connectivity index (χ0) is 14.3. The third-order valence-corrected chi connectivity index (χ3v) is 2.88. The van der Waals surface area contributed by atoms with Crippen molar-refractivity contribution >= 4 is 11.6 Å². The molecule has 0 amide bonds. The van der Waals surface area contributed by atoms with Gasteiger partial charge in [0.05, 0.1) is 6.61 Å². The first-order valence-electron chi connectivity index (χ1n) is 7.11. The molecule has 0 atom stereocenters. The van der Waals surface area contributed by atoms with E-state index in [0.29, 0.717) is 6.54 Å². The fourth-order valence-electron chi connectivity index (χ4n) is 1.77. The minimum atomic E-state index is 0.132. The molecule has 1 aromatic rings. The van der Waals surface area contributed by atoms with E-state index in [-0.39, 0.29) is 12.5 Å². The Bertz CT molecular complexity index is 382. The summed E-state index contributed by atoms with van der Waals surface area (Å²) in [6, 6.07) is 1.96. The second-order valence-electron chi connectivity index (χ2n) is 4.85. The minimum absolute atomic E-state index is 0.132. The van der Waals surface area contributed by atoms with E-state index in [1.54, 1.807) is 0 Å². The van der Waals surface area contributed by atoms with E-state index >= 15 is 0 Å². The van der Waals surface area contributed by atoms with Gasteiger partial charge in [-0.05, 0) is 13.3 Å². The molecular formula is C14H26N4O. The molecule has 0 saturated carbocycles. The first kappa shape index (κ1) is 15.7. The van der Waals surface area contributed by atoms with Gasteiger partial charge in [0.1, 0.15) is 17.5 Å². The van der Waals surface area contributed by atoms with Gasteiger partial charge in [0.15, 0.2) is 0 Å². The van der Waals surface area contributed by atoms with Crippen LogP contribution < -0.4 is 10.2 Å². The first-order chi connectivity index (χ1) is 9.12. The number of hydrogen-bond acceptors (Lipinski definition) is 5. The van der Waals surface area contributed by atoms with Crippen molar-refractivity contribution in [3.63, 3.8) is 0 Å². The molecule has 0 aliphatic heterocycles. The highest BCUT2D eigenvalue weighted by Gasteiger charge is 2.12. The predicted molar refractivity (Wildman–Crippen MR) is 79.9 cm³/mol. The molecule has 5 nitrogen and oxygen atoms in total. The van der Waals surface area contributed by atoms with Crippen molar-refractivity contribution < 1.29 is 5.11 Å². The Morgan fingerprint density at radius 1 is 1.32 bits per heavy atom. The van der Waals surface area contributed by atoms with Crippen LogP contribution in [0.15, 0.2) is 6.07 Å². The standard InChI is InChI=1S/C14H26N4O/c1-5-7-15-12-10-13(18(6-2)8-9-19)17-14(16-12)11(3)4/h10-11,19H,5-9H2,1-4H3,(H,15,16,17). The quantitative estimate of drug-likeness (QED) is 0.755. The summed E-state index contributed by atoms with van der Waals surface area (Å²) >= 11 is 0. The first-order valence-corrected chi connectivity index (χ1v) is 7.11. The number of aliphatic hydroxyl groups excluding tert-OH is 1. The van der Waals surface area contributed by atoms with Gasteiger partial charge in [-0.2, -0.15) is 0 Å². The number of aromatic nitrogens is 2. The molecule has 2 N–H and O–H groups in total. The average molecular weight is 266 g/mol. The van der Waals surface area contributed by atoms with Gasteiger partial charge in [-0.25, -0.2) is 9.97 Å². The topological polar surface area (TPSA) is 61.3 Å². The summed E-state index contributed by atoms with van der Waals surface area (Å²) in [6.07, 6.45) is 1.06. The Morgan fingerprint density at radius 3 is 2.58 bits per heavy atom. The highest BCUT2D eigenvalue weighted by molar-refractivity contribution is 5.49. The Morgan fingerprint density at radius 2 is 2.05 bits per heavy atom. The fourth-order valence-corrected chi connectivity index (χ4v) is 1.77. The molecule has 0 aromatic carbocycles. The summed E-state index contributed by atoms with van der Waals surface area (Å²) in [6.45, 7) is 10.8. The van der Waals surface area contributed by atoms with E-state index in [1.165, 1.54) is 0 Å². The number of nitrogens with one attached hydrogen (secondary N) is 1. The molecule has 0 spiro atoms. The highest BCUT2D eigenvalue weighted by atomic mass is 16.3. The Labute approximate surface area is 116 Å². The summed E-state index contributed by atoms with van der Waals surface area (Å²) in [5.41, 5.74) is 0. The monoisotopic (exact) mass is 266 g/mol. The number of anilines is 2. The molecule has 0 fully saturated rings. The minimum Gasteiger partial charge on any atom is -0.395 e. The van der Waals surface area contributed by atoms with Crippen LogP contribution in [-0.4, -0.2) is 41.3 Å². The molecule has 0 saturated heterocycles. The second kappa shape index (κ2) is 7.94. The lowest BCUT2D eigenvalue weighted by molar-refractivity contribution is 0.302. The van der Waals surface area contributed by atoms with Gasteiger partial charge in [-0.1, -0.05) is 20.8 Å². The number of rotatable bonds is 8. The van der Waals surface area contributed by atoms with Gasteiger partial charge >= 0.3 is 0 Å². The van der Waals surface area contributed by atoms with Crippen molar-refractivity contribution in [1.29, 1.82) is 0 Å². The average Bonchev–Trinajstić information content (AvgIpc) is 2.42. The molecular weight excluding hydrogens is 240 g/mol. The molecule has 0 aliphatic carbocycles. The number of likely N-dealkylation sites (N-methyl/N-ethyl adjacent to an activating group) is 1. The van der Waals surface area contributed by atoms with Crippen LogP contribution in [0.1, 0.15) is 45.9 Å². The molecule has 19 heavy (non-hydrogen) atoms. The number of hydrogen-bond donors (Lipinski definition) is 2. The molecule has 0 aliphatic rings. The second-order valence-corrected chi connectivity index (χ2v) is 4.85. The molecule has 1 aromatic heterocycles. The van der Waals surface area contributed by atoms with Crippen LogP contribution in [0, 0.1) is 0 Å². The summed E-state index contributed by atoms with van der Waals surface area (Å²) < 4.78 is 0. The molecule has 0 unspecified atom stereocenters. The number of nitrogens with zero attached hydrogens (tertiary/aromatic N) is 3.